The molecular weight excluding hydrogens is 387 g/mol. The minimum atomic E-state index is -0.323. The van der Waals surface area contributed by atoms with Gasteiger partial charge in [-0.05, 0) is 48.4 Å². The third kappa shape index (κ3) is 7.55. The molecule has 0 spiro atoms. The summed E-state index contributed by atoms with van der Waals surface area (Å²) in [6.45, 7) is 5.50. The highest BCUT2D eigenvalue weighted by Crippen LogP contribution is 2.18. The Morgan fingerprint density at radius 2 is 2.03 bits per heavy atom. The summed E-state index contributed by atoms with van der Waals surface area (Å²) >= 11 is 2.01. The Morgan fingerprint density at radius 3 is 2.83 bits per heavy atom. The number of nitrogens with one attached hydrogen (secondary N) is 1. The van der Waals surface area contributed by atoms with E-state index in [4.69, 9.17) is 4.74 Å². The minimum Gasteiger partial charge on any atom is -0.489 e. The number of benzene rings is 2. The van der Waals surface area contributed by atoms with Crippen LogP contribution in [0.15, 0.2) is 54.6 Å². The average Bonchev–Trinajstić information content (AvgIpc) is 2.72. The average molecular weight is 415 g/mol. The lowest BCUT2D eigenvalue weighted by atomic mass is 10.2. The van der Waals surface area contributed by atoms with Crippen LogP contribution in [0.5, 0.6) is 5.75 Å². The van der Waals surface area contributed by atoms with E-state index in [2.05, 4.69) is 22.3 Å². The summed E-state index contributed by atoms with van der Waals surface area (Å²) in [6.07, 6.45) is 2.83. The monoisotopic (exact) mass is 414 g/mol. The summed E-state index contributed by atoms with van der Waals surface area (Å²) in [4.78, 5) is 14.4. The SMILES string of the molecule is CC(CNC(=O)C=Cc1cccc(F)c1)Oc1cccc(CN2CCSCC2)c1. The van der Waals surface area contributed by atoms with E-state index in [0.29, 0.717) is 12.1 Å². The zero-order valence-corrected chi connectivity index (χ0v) is 17.5. The fourth-order valence-electron chi connectivity index (χ4n) is 3.09. The van der Waals surface area contributed by atoms with Gasteiger partial charge in [0, 0.05) is 37.2 Å². The van der Waals surface area contributed by atoms with Crippen LogP contribution in [0.25, 0.3) is 6.08 Å². The number of hydrogen-bond donors (Lipinski definition) is 1. The van der Waals surface area contributed by atoms with Crippen molar-refractivity contribution in [1.82, 2.24) is 10.2 Å². The molecule has 2 aromatic rings. The Kier molecular flexibility index (Phi) is 8.14. The second-order valence-corrected chi connectivity index (χ2v) is 8.32. The molecule has 1 aliphatic heterocycles. The molecule has 1 heterocycles. The molecule has 1 amide bonds. The van der Waals surface area contributed by atoms with Crippen molar-refractivity contribution >= 4 is 23.7 Å². The maximum atomic E-state index is 13.2. The van der Waals surface area contributed by atoms with E-state index < -0.39 is 0 Å². The number of carbonyl (C=O) groups excluding carboxylic acids is 1. The number of halogens is 1. The Morgan fingerprint density at radius 1 is 1.24 bits per heavy atom. The quantitative estimate of drug-likeness (QED) is 0.664. The lowest BCUT2D eigenvalue weighted by molar-refractivity contribution is -0.116. The summed E-state index contributed by atoms with van der Waals surface area (Å²) < 4.78 is 19.1. The molecule has 1 fully saturated rings. The molecule has 1 aliphatic rings. The van der Waals surface area contributed by atoms with Crippen molar-refractivity contribution < 1.29 is 13.9 Å². The first kappa shape index (κ1) is 21.4. The van der Waals surface area contributed by atoms with Gasteiger partial charge < -0.3 is 10.1 Å². The van der Waals surface area contributed by atoms with Crippen LogP contribution in [-0.4, -0.2) is 48.1 Å². The van der Waals surface area contributed by atoms with Crippen LogP contribution in [0, 0.1) is 5.82 Å². The second kappa shape index (κ2) is 11.0. The van der Waals surface area contributed by atoms with Crippen LogP contribution in [0.1, 0.15) is 18.1 Å². The van der Waals surface area contributed by atoms with Gasteiger partial charge in [0.1, 0.15) is 17.7 Å². The van der Waals surface area contributed by atoms with Crippen molar-refractivity contribution in [3.8, 4) is 5.75 Å². The number of hydrogen-bond acceptors (Lipinski definition) is 4. The zero-order chi connectivity index (χ0) is 20.5. The van der Waals surface area contributed by atoms with Gasteiger partial charge in [-0.25, -0.2) is 4.39 Å². The Hall–Kier alpha value is -2.31. The molecule has 0 radical (unpaired) electrons. The van der Waals surface area contributed by atoms with Crippen LogP contribution in [-0.2, 0) is 11.3 Å². The van der Waals surface area contributed by atoms with E-state index in [0.717, 1.165) is 25.4 Å². The Bertz CT molecular complexity index is 837. The Labute approximate surface area is 176 Å². The number of thioether (sulfide) groups is 1. The van der Waals surface area contributed by atoms with Gasteiger partial charge in [-0.15, -0.1) is 0 Å². The fraction of sp³-hybridized carbons (Fsp3) is 0.348. The molecule has 0 bridgehead atoms. The van der Waals surface area contributed by atoms with Crippen molar-refractivity contribution in [3.63, 3.8) is 0 Å². The number of nitrogens with zero attached hydrogens (tertiary/aromatic N) is 1. The third-order valence-electron chi connectivity index (χ3n) is 4.59. The molecule has 1 saturated heterocycles. The molecule has 4 nitrogen and oxygen atoms in total. The normalized spacial score (nSPS) is 15.9. The molecular formula is C23H27FN2O2S. The molecule has 1 unspecified atom stereocenters. The molecule has 1 atom stereocenters. The first-order chi connectivity index (χ1) is 14.1. The van der Waals surface area contributed by atoms with Crippen molar-refractivity contribution in [2.24, 2.45) is 0 Å². The number of carbonyl (C=O) groups is 1. The lowest BCUT2D eigenvalue weighted by Gasteiger charge is -2.26. The van der Waals surface area contributed by atoms with Crippen LogP contribution < -0.4 is 10.1 Å². The summed E-state index contributed by atoms with van der Waals surface area (Å²) in [6, 6.07) is 14.3. The van der Waals surface area contributed by atoms with Gasteiger partial charge in [-0.3, -0.25) is 9.69 Å². The van der Waals surface area contributed by atoms with Gasteiger partial charge in [-0.1, -0.05) is 24.3 Å². The van der Waals surface area contributed by atoms with Gasteiger partial charge in [0.05, 0.1) is 6.54 Å². The predicted octanol–water partition coefficient (Wildman–Crippen LogP) is 3.97. The topological polar surface area (TPSA) is 41.6 Å². The molecule has 29 heavy (non-hydrogen) atoms. The zero-order valence-electron chi connectivity index (χ0n) is 16.6. The van der Waals surface area contributed by atoms with Gasteiger partial charge in [0.25, 0.3) is 0 Å². The van der Waals surface area contributed by atoms with Crippen molar-refractivity contribution in [2.75, 3.05) is 31.1 Å². The van der Waals surface area contributed by atoms with Crippen molar-refractivity contribution in [1.29, 1.82) is 0 Å². The predicted molar refractivity (Wildman–Crippen MR) is 118 cm³/mol. The van der Waals surface area contributed by atoms with Crippen LogP contribution >= 0.6 is 11.8 Å². The molecule has 0 saturated carbocycles. The smallest absolute Gasteiger partial charge is 0.244 e. The maximum absolute atomic E-state index is 13.2. The largest absolute Gasteiger partial charge is 0.489 e. The second-order valence-electron chi connectivity index (χ2n) is 7.10. The third-order valence-corrected chi connectivity index (χ3v) is 5.53. The van der Waals surface area contributed by atoms with Crippen LogP contribution in [0.3, 0.4) is 0 Å². The molecule has 6 heteroatoms. The van der Waals surface area contributed by atoms with E-state index in [1.165, 1.54) is 35.3 Å². The number of amides is 1. The highest BCUT2D eigenvalue weighted by atomic mass is 32.2. The van der Waals surface area contributed by atoms with Crippen LogP contribution in [0.2, 0.25) is 0 Å². The summed E-state index contributed by atoms with van der Waals surface area (Å²) in [5.41, 5.74) is 1.89. The molecule has 0 aromatic heterocycles. The molecule has 2 aromatic carbocycles. The van der Waals surface area contributed by atoms with Gasteiger partial charge in [0.2, 0.25) is 5.91 Å². The summed E-state index contributed by atoms with van der Waals surface area (Å²) in [5, 5.41) is 2.81. The standard InChI is InChI=1S/C23H27FN2O2S/c1-18(16-25-23(27)9-8-19-4-2-6-21(24)14-19)28-22-7-3-5-20(15-22)17-26-10-12-29-13-11-26/h2-9,14-15,18H,10-13,16-17H2,1H3,(H,25,27). The van der Waals surface area contributed by atoms with E-state index in [1.54, 1.807) is 18.2 Å². The first-order valence-corrected chi connectivity index (χ1v) is 11.0. The molecule has 3 rings (SSSR count). The van der Waals surface area contributed by atoms with Gasteiger partial charge >= 0.3 is 0 Å². The van der Waals surface area contributed by atoms with Gasteiger partial charge in [0.15, 0.2) is 0 Å². The van der Waals surface area contributed by atoms with E-state index in [1.807, 2.05) is 30.8 Å². The highest BCUT2D eigenvalue weighted by molar-refractivity contribution is 7.99. The van der Waals surface area contributed by atoms with E-state index >= 15 is 0 Å². The molecule has 0 aliphatic carbocycles. The summed E-state index contributed by atoms with van der Waals surface area (Å²) in [5.74, 6) is 2.64. The van der Waals surface area contributed by atoms with E-state index in [-0.39, 0.29) is 17.8 Å². The lowest BCUT2D eigenvalue weighted by Crippen LogP contribution is -2.32. The number of ether oxygens (including phenoxy) is 1. The molecule has 154 valence electrons. The van der Waals surface area contributed by atoms with Crippen molar-refractivity contribution in [3.05, 3.63) is 71.6 Å². The minimum absolute atomic E-state index is 0.164. The fourth-order valence-corrected chi connectivity index (χ4v) is 4.07. The number of rotatable bonds is 8. The highest BCUT2D eigenvalue weighted by Gasteiger charge is 2.11. The maximum Gasteiger partial charge on any atom is 0.244 e. The molecule has 1 N–H and O–H groups in total. The van der Waals surface area contributed by atoms with E-state index in [9.17, 15) is 9.18 Å². The summed E-state index contributed by atoms with van der Waals surface area (Å²) in [7, 11) is 0. The van der Waals surface area contributed by atoms with Gasteiger partial charge in [-0.2, -0.15) is 11.8 Å². The first-order valence-electron chi connectivity index (χ1n) is 9.86. The Balaban J connectivity index is 1.44. The van der Waals surface area contributed by atoms with Crippen LogP contribution in [0.4, 0.5) is 4.39 Å². The van der Waals surface area contributed by atoms with Crippen molar-refractivity contribution in [2.45, 2.75) is 19.6 Å².